The van der Waals surface area contributed by atoms with Crippen molar-refractivity contribution in [2.45, 2.75) is 32.4 Å². The molecule has 2 rings (SSSR count). The van der Waals surface area contributed by atoms with E-state index in [4.69, 9.17) is 0 Å². The number of aromatic nitrogens is 2. The molecule has 0 radical (unpaired) electrons. The lowest BCUT2D eigenvalue weighted by Gasteiger charge is -2.37. The summed E-state index contributed by atoms with van der Waals surface area (Å²) in [4.78, 5) is 26.0. The third-order valence-corrected chi connectivity index (χ3v) is 4.26. The fourth-order valence-corrected chi connectivity index (χ4v) is 2.84. The number of hydrogen-bond donors (Lipinski definition) is 1. The molecule has 1 aromatic heterocycles. The summed E-state index contributed by atoms with van der Waals surface area (Å²) in [6, 6.07) is 0.389. The third kappa shape index (κ3) is 2.86. The number of aliphatic hydroxyl groups excluding tert-OH is 1. The average Bonchev–Trinajstić information content (AvgIpc) is 2.44. The molecule has 0 saturated carbocycles. The van der Waals surface area contributed by atoms with Crippen LogP contribution >= 0.6 is 0 Å². The molecular weight excluding hydrogens is 258 g/mol. The maximum Gasteiger partial charge on any atom is 0.330 e. The van der Waals surface area contributed by atoms with Crippen molar-refractivity contribution in [2.24, 2.45) is 20.0 Å². The normalized spacial score (nSPS) is 24.0. The van der Waals surface area contributed by atoms with Crippen molar-refractivity contribution >= 4 is 0 Å². The Morgan fingerprint density at radius 1 is 1.30 bits per heavy atom. The summed E-state index contributed by atoms with van der Waals surface area (Å²) in [5.74, 6) is 0.280. The van der Waals surface area contributed by atoms with Gasteiger partial charge in [0.15, 0.2) is 0 Å². The van der Waals surface area contributed by atoms with Crippen LogP contribution in [0.4, 0.5) is 0 Å². The molecule has 0 aliphatic carbocycles. The minimum atomic E-state index is -0.307. The van der Waals surface area contributed by atoms with Gasteiger partial charge in [-0.2, -0.15) is 0 Å². The van der Waals surface area contributed by atoms with Gasteiger partial charge in [0.25, 0.3) is 5.56 Å². The zero-order chi connectivity index (χ0) is 14.9. The lowest BCUT2D eigenvalue weighted by Crippen LogP contribution is -2.45. The molecule has 2 atom stereocenters. The van der Waals surface area contributed by atoms with Gasteiger partial charge in [-0.05, 0) is 25.7 Å². The van der Waals surface area contributed by atoms with Gasteiger partial charge in [-0.3, -0.25) is 14.3 Å². The van der Waals surface area contributed by atoms with Crippen LogP contribution in [0.1, 0.15) is 25.3 Å². The Labute approximate surface area is 118 Å². The minimum absolute atomic E-state index is 0.189. The fraction of sp³-hybridized carbons (Fsp3) is 0.714. The van der Waals surface area contributed by atoms with Crippen LogP contribution in [-0.4, -0.2) is 38.3 Å². The number of rotatable bonds is 3. The molecule has 2 unspecified atom stereocenters. The van der Waals surface area contributed by atoms with Gasteiger partial charge in [0.2, 0.25) is 0 Å². The summed E-state index contributed by atoms with van der Waals surface area (Å²) < 4.78 is 2.59. The van der Waals surface area contributed by atoms with E-state index in [1.807, 2.05) is 0 Å². The van der Waals surface area contributed by atoms with Crippen molar-refractivity contribution in [1.29, 1.82) is 0 Å². The summed E-state index contributed by atoms with van der Waals surface area (Å²) in [5, 5.41) is 9.30. The molecule has 0 spiro atoms. The Balaban J connectivity index is 2.25. The Kier molecular flexibility index (Phi) is 4.45. The summed E-state index contributed by atoms with van der Waals surface area (Å²) >= 11 is 0. The number of aliphatic hydroxyl groups is 1. The minimum Gasteiger partial charge on any atom is -0.396 e. The number of likely N-dealkylation sites (tertiary alicyclic amines) is 1. The van der Waals surface area contributed by atoms with Gasteiger partial charge in [-0.15, -0.1) is 0 Å². The van der Waals surface area contributed by atoms with Crippen LogP contribution in [0.2, 0.25) is 0 Å². The first-order valence-electron chi connectivity index (χ1n) is 7.04. The van der Waals surface area contributed by atoms with Crippen molar-refractivity contribution in [3.63, 3.8) is 0 Å². The van der Waals surface area contributed by atoms with E-state index in [0.717, 1.165) is 24.0 Å². The molecule has 1 aromatic rings. The van der Waals surface area contributed by atoms with Crippen molar-refractivity contribution in [3.8, 4) is 0 Å². The van der Waals surface area contributed by atoms with E-state index in [1.54, 1.807) is 13.2 Å². The smallest absolute Gasteiger partial charge is 0.330 e. The molecule has 6 nitrogen and oxygen atoms in total. The van der Waals surface area contributed by atoms with Crippen LogP contribution in [0.25, 0.3) is 0 Å². The van der Waals surface area contributed by atoms with Crippen molar-refractivity contribution in [3.05, 3.63) is 32.6 Å². The van der Waals surface area contributed by atoms with Crippen LogP contribution in [0, 0.1) is 5.92 Å². The first-order chi connectivity index (χ1) is 9.43. The molecule has 1 aliphatic rings. The summed E-state index contributed by atoms with van der Waals surface area (Å²) in [6.07, 6.45) is 3.68. The zero-order valence-electron chi connectivity index (χ0n) is 12.4. The maximum atomic E-state index is 12.1. The van der Waals surface area contributed by atoms with Gasteiger partial charge in [0.1, 0.15) is 0 Å². The van der Waals surface area contributed by atoms with Gasteiger partial charge in [-0.1, -0.05) is 0 Å². The van der Waals surface area contributed by atoms with Crippen LogP contribution in [-0.2, 0) is 20.6 Å². The van der Waals surface area contributed by atoms with Crippen LogP contribution in [0.15, 0.2) is 15.8 Å². The molecule has 1 saturated heterocycles. The number of nitrogens with zero attached hydrogens (tertiary/aromatic N) is 3. The van der Waals surface area contributed by atoms with E-state index < -0.39 is 0 Å². The van der Waals surface area contributed by atoms with Crippen LogP contribution in [0.3, 0.4) is 0 Å². The number of hydrogen-bond acceptors (Lipinski definition) is 4. The Hall–Kier alpha value is -1.40. The van der Waals surface area contributed by atoms with Gasteiger partial charge in [0, 0.05) is 51.6 Å². The lowest BCUT2D eigenvalue weighted by atomic mass is 9.94. The number of piperidine rings is 1. The first kappa shape index (κ1) is 15.0. The molecule has 20 heavy (non-hydrogen) atoms. The Morgan fingerprint density at radius 3 is 2.65 bits per heavy atom. The van der Waals surface area contributed by atoms with Crippen molar-refractivity contribution < 1.29 is 5.11 Å². The molecule has 1 aliphatic heterocycles. The molecule has 6 heteroatoms. The van der Waals surface area contributed by atoms with E-state index in [1.165, 1.54) is 11.6 Å². The lowest BCUT2D eigenvalue weighted by molar-refractivity contribution is 0.0765. The van der Waals surface area contributed by atoms with E-state index in [2.05, 4.69) is 11.8 Å². The Bertz CT molecular complexity index is 590. The Morgan fingerprint density at radius 2 is 2.00 bits per heavy atom. The second-order valence-electron chi connectivity index (χ2n) is 5.82. The first-order valence-corrected chi connectivity index (χ1v) is 7.04. The van der Waals surface area contributed by atoms with E-state index in [9.17, 15) is 14.7 Å². The summed E-state index contributed by atoms with van der Waals surface area (Å²) in [5.41, 5.74) is 0.0881. The molecule has 1 fully saturated rings. The van der Waals surface area contributed by atoms with Gasteiger partial charge in [0.05, 0.1) is 0 Å². The molecular formula is C14H23N3O3. The van der Waals surface area contributed by atoms with Crippen molar-refractivity contribution in [2.75, 3.05) is 13.2 Å². The van der Waals surface area contributed by atoms with Crippen LogP contribution < -0.4 is 11.2 Å². The maximum absolute atomic E-state index is 12.1. The van der Waals surface area contributed by atoms with Gasteiger partial charge in [-0.25, -0.2) is 4.79 Å². The third-order valence-electron chi connectivity index (χ3n) is 4.26. The largest absolute Gasteiger partial charge is 0.396 e. The molecule has 112 valence electrons. The van der Waals surface area contributed by atoms with E-state index in [0.29, 0.717) is 18.2 Å². The standard InChI is InChI=1S/C14H23N3O3/c1-10-4-5-11(9-18)6-17(10)8-12-7-15(2)14(20)16(3)13(12)19/h7,10-11,18H,4-6,8-9H2,1-3H3. The second kappa shape index (κ2) is 5.93. The fourth-order valence-electron chi connectivity index (χ4n) is 2.84. The van der Waals surface area contributed by atoms with Gasteiger partial charge < -0.3 is 9.67 Å². The highest BCUT2D eigenvalue weighted by Crippen LogP contribution is 2.22. The van der Waals surface area contributed by atoms with Crippen LogP contribution in [0.5, 0.6) is 0 Å². The highest BCUT2D eigenvalue weighted by Gasteiger charge is 2.25. The van der Waals surface area contributed by atoms with Crippen molar-refractivity contribution in [1.82, 2.24) is 14.0 Å². The SMILES string of the molecule is CC1CCC(CO)CN1Cc1cn(C)c(=O)n(C)c1=O. The predicted molar refractivity (Wildman–Crippen MR) is 76.6 cm³/mol. The summed E-state index contributed by atoms with van der Waals surface area (Å²) in [7, 11) is 3.16. The quantitative estimate of drug-likeness (QED) is 0.824. The molecule has 0 amide bonds. The van der Waals surface area contributed by atoms with E-state index >= 15 is 0 Å². The topological polar surface area (TPSA) is 67.5 Å². The summed E-state index contributed by atoms with van der Waals surface area (Å²) in [6.45, 7) is 3.65. The highest BCUT2D eigenvalue weighted by molar-refractivity contribution is 5.06. The molecule has 1 N–H and O–H groups in total. The highest BCUT2D eigenvalue weighted by atomic mass is 16.3. The molecule has 2 heterocycles. The predicted octanol–water partition coefficient (Wildman–Crippen LogP) is -0.323. The number of aryl methyl sites for hydroxylation is 1. The monoisotopic (exact) mass is 281 g/mol. The molecule has 0 bridgehead atoms. The van der Waals surface area contributed by atoms with Gasteiger partial charge >= 0.3 is 5.69 Å². The second-order valence-corrected chi connectivity index (χ2v) is 5.82. The molecule has 0 aromatic carbocycles. The van der Waals surface area contributed by atoms with E-state index in [-0.39, 0.29) is 23.8 Å². The average molecular weight is 281 g/mol. The zero-order valence-corrected chi connectivity index (χ0v) is 12.4.